The van der Waals surface area contributed by atoms with Crippen LogP contribution in [0.2, 0.25) is 0 Å². The molecule has 0 radical (unpaired) electrons. The molecule has 0 aromatic heterocycles. The lowest BCUT2D eigenvalue weighted by molar-refractivity contribution is -0.383. The molecule has 1 aliphatic rings. The van der Waals surface area contributed by atoms with Crippen LogP contribution < -0.4 is 5.32 Å². The number of hydrogen-bond donors (Lipinski definition) is 2. The van der Waals surface area contributed by atoms with Crippen LogP contribution in [0.5, 0.6) is 0 Å². The van der Waals surface area contributed by atoms with Crippen LogP contribution in [0.3, 0.4) is 0 Å². The quantitative estimate of drug-likeness (QED) is 0.636. The summed E-state index contributed by atoms with van der Waals surface area (Å²) in [4.78, 5) is 24.5. The molecule has 7 heteroatoms. The first-order valence-electron chi connectivity index (χ1n) is 7.30. The molecule has 0 spiro atoms. The van der Waals surface area contributed by atoms with Crippen LogP contribution in [0, 0.1) is 15.5 Å². The standard InChI is InChI=1S/C15H21N3O4/c1-15(11-19)7-4-8-17(10-15)9-14(20)16-12-5-2-3-6-13(12)18(21)22/h2-3,5-6,19H,4,7-11H2,1H3,(H,16,20). The van der Waals surface area contributed by atoms with Gasteiger partial charge in [-0.3, -0.25) is 19.8 Å². The third-order valence-electron chi connectivity index (χ3n) is 3.98. The number of carbonyl (C=O) groups is 1. The molecule has 1 aliphatic heterocycles. The van der Waals surface area contributed by atoms with Crippen molar-refractivity contribution in [3.8, 4) is 0 Å². The van der Waals surface area contributed by atoms with Gasteiger partial charge in [0.05, 0.1) is 11.5 Å². The molecule has 7 nitrogen and oxygen atoms in total. The maximum atomic E-state index is 12.1. The molecule has 1 unspecified atom stereocenters. The van der Waals surface area contributed by atoms with Gasteiger partial charge in [-0.05, 0) is 25.5 Å². The van der Waals surface area contributed by atoms with E-state index in [0.717, 1.165) is 19.4 Å². The molecule has 1 amide bonds. The minimum absolute atomic E-state index is 0.0925. The van der Waals surface area contributed by atoms with E-state index in [1.807, 2.05) is 11.8 Å². The van der Waals surface area contributed by atoms with E-state index >= 15 is 0 Å². The lowest BCUT2D eigenvalue weighted by atomic mass is 9.83. The highest BCUT2D eigenvalue weighted by molar-refractivity contribution is 5.94. The van der Waals surface area contributed by atoms with Gasteiger partial charge in [0.1, 0.15) is 5.69 Å². The molecule has 1 fully saturated rings. The fourth-order valence-electron chi connectivity index (χ4n) is 2.82. The molecular formula is C15H21N3O4. The van der Waals surface area contributed by atoms with Crippen LogP contribution in [-0.4, -0.2) is 47.1 Å². The Morgan fingerprint density at radius 2 is 2.23 bits per heavy atom. The van der Waals surface area contributed by atoms with E-state index in [0.29, 0.717) is 6.54 Å². The van der Waals surface area contributed by atoms with Crippen LogP contribution in [0.25, 0.3) is 0 Å². The van der Waals surface area contributed by atoms with Gasteiger partial charge in [-0.25, -0.2) is 0 Å². The number of nitrogens with one attached hydrogen (secondary N) is 1. The highest BCUT2D eigenvalue weighted by atomic mass is 16.6. The van der Waals surface area contributed by atoms with Crippen LogP contribution in [0.15, 0.2) is 24.3 Å². The van der Waals surface area contributed by atoms with Crippen LogP contribution >= 0.6 is 0 Å². The largest absolute Gasteiger partial charge is 0.396 e. The number of piperidine rings is 1. The van der Waals surface area contributed by atoms with E-state index < -0.39 is 4.92 Å². The third-order valence-corrected chi connectivity index (χ3v) is 3.98. The zero-order valence-electron chi connectivity index (χ0n) is 12.6. The van der Waals surface area contributed by atoms with E-state index in [2.05, 4.69) is 5.32 Å². The Hall–Kier alpha value is -1.99. The van der Waals surface area contributed by atoms with Gasteiger partial charge in [-0.15, -0.1) is 0 Å². The predicted molar refractivity (Wildman–Crippen MR) is 82.6 cm³/mol. The van der Waals surface area contributed by atoms with Crippen LogP contribution in [-0.2, 0) is 4.79 Å². The number of amides is 1. The highest BCUT2D eigenvalue weighted by Gasteiger charge is 2.31. The van der Waals surface area contributed by atoms with Crippen molar-refractivity contribution in [2.75, 3.05) is 31.6 Å². The van der Waals surface area contributed by atoms with E-state index in [-0.39, 0.29) is 35.8 Å². The normalized spacial score (nSPS) is 22.3. The number of anilines is 1. The van der Waals surface area contributed by atoms with Crippen molar-refractivity contribution in [1.29, 1.82) is 0 Å². The van der Waals surface area contributed by atoms with Crippen molar-refractivity contribution in [3.05, 3.63) is 34.4 Å². The number of benzene rings is 1. The molecule has 1 aromatic rings. The molecule has 1 heterocycles. The fourth-order valence-corrected chi connectivity index (χ4v) is 2.82. The van der Waals surface area contributed by atoms with Gasteiger partial charge >= 0.3 is 0 Å². The van der Waals surface area contributed by atoms with Gasteiger partial charge in [0, 0.05) is 24.6 Å². The number of carbonyl (C=O) groups excluding carboxylic acids is 1. The molecule has 0 saturated carbocycles. The Balaban J connectivity index is 1.98. The second-order valence-corrected chi connectivity index (χ2v) is 6.11. The van der Waals surface area contributed by atoms with E-state index in [1.165, 1.54) is 12.1 Å². The van der Waals surface area contributed by atoms with Gasteiger partial charge in [-0.2, -0.15) is 0 Å². The second kappa shape index (κ2) is 6.85. The number of nitrogens with zero attached hydrogens (tertiary/aromatic N) is 2. The molecule has 22 heavy (non-hydrogen) atoms. The zero-order chi connectivity index (χ0) is 16.2. The van der Waals surface area contributed by atoms with Crippen LogP contribution in [0.4, 0.5) is 11.4 Å². The Morgan fingerprint density at radius 1 is 1.50 bits per heavy atom. The first kappa shape index (κ1) is 16.4. The molecule has 0 bridgehead atoms. The fraction of sp³-hybridized carbons (Fsp3) is 0.533. The number of rotatable bonds is 5. The highest BCUT2D eigenvalue weighted by Crippen LogP contribution is 2.28. The molecule has 0 aliphatic carbocycles. The number of hydrogen-bond acceptors (Lipinski definition) is 5. The van der Waals surface area contributed by atoms with Gasteiger partial charge in [0.2, 0.25) is 5.91 Å². The summed E-state index contributed by atoms with van der Waals surface area (Å²) in [6.45, 7) is 3.70. The van der Waals surface area contributed by atoms with Crippen molar-refractivity contribution in [2.45, 2.75) is 19.8 Å². The molecule has 2 rings (SSSR count). The summed E-state index contributed by atoms with van der Waals surface area (Å²) in [6.07, 6.45) is 1.86. The molecule has 1 saturated heterocycles. The Labute approximate surface area is 129 Å². The van der Waals surface area contributed by atoms with Gasteiger partial charge in [-0.1, -0.05) is 19.1 Å². The summed E-state index contributed by atoms with van der Waals surface area (Å²) in [5.41, 5.74) is -0.0915. The molecule has 120 valence electrons. The van der Waals surface area contributed by atoms with Crippen LogP contribution in [0.1, 0.15) is 19.8 Å². The predicted octanol–water partition coefficient (Wildman–Crippen LogP) is 1.63. The lowest BCUT2D eigenvalue weighted by Gasteiger charge is -2.38. The number of para-hydroxylation sites is 2. The number of aliphatic hydroxyl groups excluding tert-OH is 1. The summed E-state index contributed by atoms with van der Waals surface area (Å²) < 4.78 is 0. The summed E-state index contributed by atoms with van der Waals surface area (Å²) in [6, 6.07) is 6.08. The smallest absolute Gasteiger partial charge is 0.292 e. The topological polar surface area (TPSA) is 95.7 Å². The number of nitro groups is 1. The zero-order valence-corrected chi connectivity index (χ0v) is 12.6. The average Bonchev–Trinajstić information content (AvgIpc) is 2.47. The molecule has 2 N–H and O–H groups in total. The lowest BCUT2D eigenvalue weighted by Crippen LogP contribution is -2.46. The SMILES string of the molecule is CC1(CO)CCCN(CC(=O)Nc2ccccc2[N+](=O)[O-])C1. The minimum Gasteiger partial charge on any atom is -0.396 e. The second-order valence-electron chi connectivity index (χ2n) is 6.11. The van der Waals surface area contributed by atoms with Crippen molar-refractivity contribution < 1.29 is 14.8 Å². The maximum absolute atomic E-state index is 12.1. The number of nitro benzene ring substituents is 1. The number of aliphatic hydroxyl groups is 1. The summed E-state index contributed by atoms with van der Waals surface area (Å²) >= 11 is 0. The van der Waals surface area contributed by atoms with Crippen molar-refractivity contribution in [3.63, 3.8) is 0 Å². The Kier molecular flexibility index (Phi) is 5.10. The Morgan fingerprint density at radius 3 is 2.91 bits per heavy atom. The van der Waals surface area contributed by atoms with E-state index in [1.54, 1.807) is 12.1 Å². The van der Waals surface area contributed by atoms with Gasteiger partial charge < -0.3 is 10.4 Å². The van der Waals surface area contributed by atoms with Crippen molar-refractivity contribution in [2.24, 2.45) is 5.41 Å². The summed E-state index contributed by atoms with van der Waals surface area (Å²) in [7, 11) is 0. The van der Waals surface area contributed by atoms with E-state index in [4.69, 9.17) is 0 Å². The summed E-state index contributed by atoms with van der Waals surface area (Å²) in [5, 5.41) is 23.0. The van der Waals surface area contributed by atoms with Crippen molar-refractivity contribution in [1.82, 2.24) is 4.90 Å². The van der Waals surface area contributed by atoms with Gasteiger partial charge in [0.15, 0.2) is 0 Å². The van der Waals surface area contributed by atoms with Gasteiger partial charge in [0.25, 0.3) is 5.69 Å². The summed E-state index contributed by atoms with van der Waals surface area (Å²) in [5.74, 6) is -0.281. The number of likely N-dealkylation sites (tertiary alicyclic amines) is 1. The van der Waals surface area contributed by atoms with Crippen molar-refractivity contribution >= 4 is 17.3 Å². The molecular weight excluding hydrogens is 286 g/mol. The molecule has 1 atom stereocenters. The minimum atomic E-state index is -0.515. The van der Waals surface area contributed by atoms with E-state index in [9.17, 15) is 20.0 Å². The average molecular weight is 307 g/mol. The molecule has 1 aromatic carbocycles. The Bertz CT molecular complexity index is 563. The maximum Gasteiger partial charge on any atom is 0.292 e. The first-order valence-corrected chi connectivity index (χ1v) is 7.30. The first-order chi connectivity index (χ1) is 10.4. The monoisotopic (exact) mass is 307 g/mol. The third kappa shape index (κ3) is 4.02.